The average molecular weight is 1440 g/mol. The van der Waals surface area contributed by atoms with Crippen LogP contribution >= 0.6 is 0 Å². The molecule has 12 atom stereocenters. The van der Waals surface area contributed by atoms with Crippen LogP contribution in [0.2, 0.25) is 0 Å². The topological polar surface area (TPSA) is 242 Å². The summed E-state index contributed by atoms with van der Waals surface area (Å²) in [6, 6.07) is 10.6. The molecule has 7 spiro atoms. The highest BCUT2D eigenvalue weighted by Crippen LogP contribution is 2.81. The largest absolute Gasteiger partial charge is 0.483 e. The van der Waals surface area contributed by atoms with Crippen LogP contribution in [0, 0.1) is 28.6 Å². The fourth-order valence-corrected chi connectivity index (χ4v) is 26.2. The summed E-state index contributed by atoms with van der Waals surface area (Å²) in [4.78, 5) is 102. The highest BCUT2D eigenvalue weighted by atomic mass is 16.5. The zero-order valence-corrected chi connectivity index (χ0v) is 63.6. The molecule has 3 aromatic carbocycles. The van der Waals surface area contributed by atoms with Gasteiger partial charge in [0.25, 0.3) is 23.2 Å². The molecule has 1 saturated carbocycles. The van der Waals surface area contributed by atoms with Gasteiger partial charge >= 0.3 is 0 Å². The minimum atomic E-state index is -1.70. The molecular formula is C84H98N10O12+2. The molecule has 22 nitrogen and oxygen atoms in total. The van der Waals surface area contributed by atoms with Gasteiger partial charge in [0.05, 0.1) is 50.3 Å². The number of carbonyl (C=O) groups is 6. The summed E-state index contributed by atoms with van der Waals surface area (Å²) in [5.74, 6) is -1.15. The number of rotatable bonds is 3. The summed E-state index contributed by atoms with van der Waals surface area (Å²) < 4.78 is 23.3. The lowest BCUT2D eigenvalue weighted by Gasteiger charge is -2.70. The van der Waals surface area contributed by atoms with Crippen molar-refractivity contribution in [2.24, 2.45) is 28.6 Å². The van der Waals surface area contributed by atoms with E-state index in [-0.39, 0.29) is 41.4 Å². The number of allylic oxidation sites excluding steroid dienone is 1. The number of nitrogens with zero attached hydrogens (tertiary/aromatic N) is 8. The van der Waals surface area contributed by atoms with E-state index in [1.165, 1.54) is 33.8 Å². The second-order valence-corrected chi connectivity index (χ2v) is 37.4. The lowest BCUT2D eigenvalue weighted by molar-refractivity contribution is -0.714. The fourth-order valence-electron chi connectivity index (χ4n) is 26.2. The van der Waals surface area contributed by atoms with Crippen molar-refractivity contribution in [3.8, 4) is 17.2 Å². The van der Waals surface area contributed by atoms with Crippen LogP contribution in [0.25, 0.3) is 34.7 Å². The second kappa shape index (κ2) is 19.7. The zero-order valence-electron chi connectivity index (χ0n) is 63.6. The second-order valence-electron chi connectivity index (χ2n) is 37.4. The van der Waals surface area contributed by atoms with Crippen LogP contribution in [0.1, 0.15) is 207 Å². The van der Waals surface area contributed by atoms with E-state index in [4.69, 9.17) is 14.2 Å². The van der Waals surface area contributed by atoms with Crippen molar-refractivity contribution in [1.82, 2.24) is 39.9 Å². The first-order valence-corrected chi connectivity index (χ1v) is 39.0. The maximum atomic E-state index is 16.8. The van der Waals surface area contributed by atoms with Crippen molar-refractivity contribution in [3.05, 3.63) is 99.8 Å². The predicted octanol–water partition coefficient (Wildman–Crippen LogP) is 10.1. The number of fused-ring (bicyclic) bond motifs is 16. The van der Waals surface area contributed by atoms with Crippen molar-refractivity contribution >= 4 is 92.9 Å². The molecule has 14 fully saturated rings. The molecule has 5 N–H and O–H groups in total. The maximum Gasteiger partial charge on any atom is 0.276 e. The summed E-state index contributed by atoms with van der Waals surface area (Å²) >= 11 is 0. The molecule has 6 amide bonds. The molecule has 6 bridgehead atoms. The average Bonchev–Trinajstić information content (AvgIpc) is 1.41. The minimum Gasteiger partial charge on any atom is -0.483 e. The van der Waals surface area contributed by atoms with Crippen LogP contribution in [-0.2, 0) is 39.6 Å². The van der Waals surface area contributed by atoms with Crippen LogP contribution < -0.4 is 24.8 Å². The number of benzene rings is 3. The fraction of sp³-hybridized carbons (Fsp3) is 0.571. The van der Waals surface area contributed by atoms with Gasteiger partial charge in [-0.1, -0.05) is 34.6 Å². The molecule has 21 aliphatic rings. The monoisotopic (exact) mass is 1440 g/mol. The van der Waals surface area contributed by atoms with Crippen molar-refractivity contribution in [2.75, 3.05) is 39.3 Å². The summed E-state index contributed by atoms with van der Waals surface area (Å²) in [6.45, 7) is 36.1. The van der Waals surface area contributed by atoms with Gasteiger partial charge in [-0.3, -0.25) is 39.2 Å². The first kappa shape index (κ1) is 66.5. The van der Waals surface area contributed by atoms with Crippen molar-refractivity contribution in [3.63, 3.8) is 0 Å². The number of nitrogens with one attached hydrogen (secondary N) is 2. The van der Waals surface area contributed by atoms with Gasteiger partial charge in [0, 0.05) is 74.7 Å². The van der Waals surface area contributed by atoms with Crippen LogP contribution in [0.15, 0.2) is 60.7 Å². The van der Waals surface area contributed by atoms with Crippen LogP contribution in [0.4, 0.5) is 11.4 Å². The Bertz CT molecular complexity index is 5110. The molecule has 18 aliphatic heterocycles. The molecule has 8 unspecified atom stereocenters. The molecule has 3 aliphatic carbocycles. The van der Waals surface area contributed by atoms with Gasteiger partial charge in [0.15, 0.2) is 0 Å². The number of hydrogen-bond donors (Lipinski definition) is 5. The Kier molecular flexibility index (Phi) is 12.3. The van der Waals surface area contributed by atoms with Crippen LogP contribution in [0.5, 0.6) is 17.2 Å². The molecular weight excluding hydrogens is 1340 g/mol. The smallest absolute Gasteiger partial charge is 0.276 e. The standard InChI is InChI=1S/C52H54N6O8.C26H27N3O4.C6H15N/c1-44(2)19-15-25-29(65-44)13-11-27-33-36-50-28-12-14-30-26(16-20-45(3,4)66-30)35(28)58(64)38(50)47(7,8)31-23-48-17-9-21-54(48)42(61)51(31,53-40(48)59)39(50)56-41(60)49-18-10-22-55(49)43(62)52(36,56)32(24-49)46(5,6)37(33)57(63)34(25)27;1-23(2)10-8-15-17(33-23)7-6-14-16-12-26-18(24(3,4)20(16)29(32)19(14)15)13-25(21(30)27-26)9-5-11-28(25)22(26)31;1-4-7(5-2)6-3/h11-16,19-20,31-32,36,39,63H,9-10,17-18,21-24H2,1-8H3,(H-,53,59,64);6-8,10,12,18H,5,9,11,13H2,1-4H3,(H-,27,30,32);4-6H2,1-3H3/p+2/t31-,32?,36-,39?,48?,49?,50?,51?,52+;18?,25?,26-;/m11./s1. The lowest BCUT2D eigenvalue weighted by atomic mass is 9.39. The van der Waals surface area contributed by atoms with Crippen LogP contribution in [-0.4, -0.2) is 197 Å². The molecule has 1 aromatic heterocycles. The minimum absolute atomic E-state index is 0.00338. The van der Waals surface area contributed by atoms with E-state index >= 15 is 19.2 Å². The third-order valence-electron chi connectivity index (χ3n) is 30.3. The molecule has 19 heterocycles. The number of piperazine rings is 3. The van der Waals surface area contributed by atoms with E-state index in [2.05, 4.69) is 77.8 Å². The van der Waals surface area contributed by atoms with Gasteiger partial charge in [-0.2, -0.15) is 4.73 Å². The Morgan fingerprint density at radius 2 is 1.08 bits per heavy atom. The molecule has 0 radical (unpaired) electrons. The van der Waals surface area contributed by atoms with E-state index in [9.17, 15) is 25.2 Å². The Labute approximate surface area is 617 Å². The van der Waals surface area contributed by atoms with E-state index in [0.717, 1.165) is 34.6 Å². The number of ether oxygens (including phenoxy) is 3. The molecule has 106 heavy (non-hydrogen) atoms. The summed E-state index contributed by atoms with van der Waals surface area (Å²) in [6.07, 6.45) is 19.1. The Balaban J connectivity index is 0.000000154. The van der Waals surface area contributed by atoms with E-state index in [0.29, 0.717) is 138 Å². The van der Waals surface area contributed by atoms with Gasteiger partial charge in [-0.25, -0.2) is 0 Å². The molecule has 13 saturated heterocycles. The third kappa shape index (κ3) is 7.03. The maximum absolute atomic E-state index is 16.8. The highest BCUT2D eigenvalue weighted by Gasteiger charge is 2.96. The van der Waals surface area contributed by atoms with Gasteiger partial charge in [-0.05, 0) is 231 Å². The number of piperidine rings is 6. The SMILES string of the molecule is CC1(C)C=Cc2c(ccc3c2[N+](O)=C2C(C)(C)[C@H]4CC56CCCN5C(=O)C4(NC6=O)C4N5C(=O)C67CCCN6C(=O)[C@@]56C(C7)C(C)(C)c5c(c7ccc8c(c7n5O)C=CC(C)(C)O8)[C@@H]6C234)O1.CC1(C)C=Cc2c(ccc3c2[N+](O)=C2C3=C[C@]34NC(=O)C5(CCCN5C3=O)CC4C2(C)C)O1.CCN(CC)CC. The molecule has 25 rings (SSSR count). The van der Waals surface area contributed by atoms with Gasteiger partial charge in [-0.15, -0.1) is 0 Å². The Hall–Kier alpha value is -8.92. The normalized spacial score (nSPS) is 37.0. The predicted molar refractivity (Wildman–Crippen MR) is 394 cm³/mol. The number of aromatic nitrogens is 1. The van der Waals surface area contributed by atoms with Crippen LogP contribution in [0.3, 0.4) is 0 Å². The zero-order chi connectivity index (χ0) is 74.6. The Morgan fingerprint density at radius 3 is 1.68 bits per heavy atom. The third-order valence-corrected chi connectivity index (χ3v) is 30.3. The van der Waals surface area contributed by atoms with Crippen molar-refractivity contribution in [1.29, 1.82) is 0 Å². The van der Waals surface area contributed by atoms with Gasteiger partial charge in [0.1, 0.15) is 72.7 Å². The molecule has 554 valence electrons. The summed E-state index contributed by atoms with van der Waals surface area (Å²) in [7, 11) is 0. The first-order valence-electron chi connectivity index (χ1n) is 39.0. The van der Waals surface area contributed by atoms with Crippen molar-refractivity contribution in [2.45, 2.75) is 234 Å². The number of hydrogen-bond acceptors (Lipinski definition) is 13. The van der Waals surface area contributed by atoms with E-state index < -0.39 is 95.5 Å². The lowest BCUT2D eigenvalue weighted by Crippen LogP contribution is -2.93. The highest BCUT2D eigenvalue weighted by molar-refractivity contribution is 6.30. The summed E-state index contributed by atoms with van der Waals surface area (Å²) in [5, 5.41) is 45.7. The van der Waals surface area contributed by atoms with E-state index in [1.54, 1.807) is 0 Å². The van der Waals surface area contributed by atoms with Crippen molar-refractivity contribution < 1.29 is 68.1 Å². The number of carbonyl (C=O) groups excluding carboxylic acids is 6. The summed E-state index contributed by atoms with van der Waals surface area (Å²) in [5.41, 5.74) is -4.23. The molecule has 4 aromatic rings. The first-order chi connectivity index (χ1) is 50.0. The van der Waals surface area contributed by atoms with Gasteiger partial charge < -0.3 is 54.6 Å². The molecule has 22 heteroatoms. The quantitative estimate of drug-likeness (QED) is 0.0730. The number of amides is 6. The van der Waals surface area contributed by atoms with E-state index in [1.807, 2.05) is 140 Å². The van der Waals surface area contributed by atoms with Gasteiger partial charge in [0.2, 0.25) is 35.1 Å². The Morgan fingerprint density at radius 1 is 0.557 bits per heavy atom.